The molecule has 1 amide bonds. The van der Waals surface area contributed by atoms with Crippen molar-refractivity contribution < 1.29 is 19.4 Å². The predicted octanol–water partition coefficient (Wildman–Crippen LogP) is -1.13. The van der Waals surface area contributed by atoms with E-state index in [1.54, 1.807) is 0 Å². The molecule has 0 radical (unpaired) electrons. The van der Waals surface area contributed by atoms with Gasteiger partial charge in [0, 0.05) is 14.2 Å². The van der Waals surface area contributed by atoms with Crippen LogP contribution in [0.1, 0.15) is 16.2 Å². The summed E-state index contributed by atoms with van der Waals surface area (Å²) in [5.74, 6) is -1.49. The van der Waals surface area contributed by atoms with Crippen LogP contribution in [0.5, 0.6) is 0 Å². The third-order valence-corrected chi connectivity index (χ3v) is 1.89. The summed E-state index contributed by atoms with van der Waals surface area (Å²) >= 11 is 0. The number of carboxylic acid groups (broad SMARTS) is 1. The van der Waals surface area contributed by atoms with Gasteiger partial charge >= 0.3 is 5.97 Å². The SMILES string of the molecule is CNC(=O)Cn1nnc(C(=O)O)c1COC. The van der Waals surface area contributed by atoms with Crippen molar-refractivity contribution in [3.8, 4) is 0 Å². The maximum absolute atomic E-state index is 11.1. The zero-order valence-corrected chi connectivity index (χ0v) is 8.93. The van der Waals surface area contributed by atoms with Crippen molar-refractivity contribution in [3.63, 3.8) is 0 Å². The Labute approximate surface area is 91.2 Å². The van der Waals surface area contributed by atoms with Gasteiger partial charge in [0.1, 0.15) is 6.54 Å². The average molecular weight is 228 g/mol. The Morgan fingerprint density at radius 2 is 2.25 bits per heavy atom. The molecule has 1 aromatic heterocycles. The maximum atomic E-state index is 11.1. The molecule has 0 saturated heterocycles. The monoisotopic (exact) mass is 228 g/mol. The molecule has 8 nitrogen and oxygen atoms in total. The minimum absolute atomic E-state index is 0.0334. The summed E-state index contributed by atoms with van der Waals surface area (Å²) in [5, 5.41) is 18.3. The summed E-state index contributed by atoms with van der Waals surface area (Å²) in [5.41, 5.74) is 0.0596. The molecule has 0 fully saturated rings. The van der Waals surface area contributed by atoms with Crippen LogP contribution in [0.4, 0.5) is 0 Å². The van der Waals surface area contributed by atoms with Gasteiger partial charge in [0.15, 0.2) is 5.69 Å². The van der Waals surface area contributed by atoms with E-state index < -0.39 is 5.97 Å². The first-order valence-corrected chi connectivity index (χ1v) is 4.45. The van der Waals surface area contributed by atoms with Crippen molar-refractivity contribution >= 4 is 11.9 Å². The summed E-state index contributed by atoms with van der Waals surface area (Å²) in [7, 11) is 2.90. The van der Waals surface area contributed by atoms with Crippen molar-refractivity contribution in [1.29, 1.82) is 0 Å². The fourth-order valence-corrected chi connectivity index (χ4v) is 1.12. The second-order valence-electron chi connectivity index (χ2n) is 2.95. The number of carboxylic acids is 1. The first kappa shape index (κ1) is 12.1. The molecule has 0 bridgehead atoms. The lowest BCUT2D eigenvalue weighted by molar-refractivity contribution is -0.121. The van der Waals surface area contributed by atoms with E-state index in [2.05, 4.69) is 15.6 Å². The molecule has 0 aromatic carbocycles. The molecular formula is C8H12N4O4. The Hall–Kier alpha value is -1.96. The van der Waals surface area contributed by atoms with Gasteiger partial charge in [-0.3, -0.25) is 4.79 Å². The summed E-state index contributed by atoms with van der Waals surface area (Å²) in [6.45, 7) is -0.0545. The number of nitrogens with zero attached hydrogens (tertiary/aromatic N) is 3. The second-order valence-corrected chi connectivity index (χ2v) is 2.95. The van der Waals surface area contributed by atoms with E-state index in [1.165, 1.54) is 18.8 Å². The van der Waals surface area contributed by atoms with Crippen LogP contribution in [0.2, 0.25) is 0 Å². The molecule has 88 valence electrons. The number of aromatic carboxylic acids is 1. The van der Waals surface area contributed by atoms with Crippen LogP contribution in [0, 0.1) is 0 Å². The van der Waals surface area contributed by atoms with Crippen molar-refractivity contribution in [3.05, 3.63) is 11.4 Å². The number of aromatic nitrogens is 3. The fraction of sp³-hybridized carbons (Fsp3) is 0.500. The van der Waals surface area contributed by atoms with Gasteiger partial charge in [0.2, 0.25) is 5.91 Å². The Morgan fingerprint density at radius 3 is 2.75 bits per heavy atom. The fourth-order valence-electron chi connectivity index (χ4n) is 1.12. The van der Waals surface area contributed by atoms with E-state index in [-0.39, 0.29) is 30.4 Å². The van der Waals surface area contributed by atoms with Crippen LogP contribution in [-0.4, -0.2) is 46.1 Å². The van der Waals surface area contributed by atoms with Gasteiger partial charge in [-0.05, 0) is 0 Å². The minimum atomic E-state index is -1.20. The number of carbonyl (C=O) groups is 2. The van der Waals surface area contributed by atoms with Crippen LogP contribution in [0.15, 0.2) is 0 Å². The molecular weight excluding hydrogens is 216 g/mol. The highest BCUT2D eigenvalue weighted by molar-refractivity contribution is 5.86. The van der Waals surface area contributed by atoms with Gasteiger partial charge in [-0.1, -0.05) is 5.21 Å². The quantitative estimate of drug-likeness (QED) is 0.660. The molecule has 8 heteroatoms. The molecule has 1 heterocycles. The number of ether oxygens (including phenoxy) is 1. The highest BCUT2D eigenvalue weighted by Gasteiger charge is 2.19. The molecule has 16 heavy (non-hydrogen) atoms. The van der Waals surface area contributed by atoms with E-state index >= 15 is 0 Å². The average Bonchev–Trinajstić information content (AvgIpc) is 2.62. The number of rotatable bonds is 5. The summed E-state index contributed by atoms with van der Waals surface area (Å²) in [6, 6.07) is 0. The lowest BCUT2D eigenvalue weighted by atomic mass is 10.3. The number of hydrogen-bond acceptors (Lipinski definition) is 5. The van der Waals surface area contributed by atoms with Crippen LogP contribution < -0.4 is 5.32 Å². The van der Waals surface area contributed by atoms with E-state index in [0.29, 0.717) is 0 Å². The topological polar surface area (TPSA) is 106 Å². The molecule has 1 aromatic rings. The smallest absolute Gasteiger partial charge is 0.358 e. The third kappa shape index (κ3) is 2.54. The van der Waals surface area contributed by atoms with Gasteiger partial charge in [-0.15, -0.1) is 5.10 Å². The first-order chi connectivity index (χ1) is 7.60. The van der Waals surface area contributed by atoms with E-state index in [1.807, 2.05) is 0 Å². The highest BCUT2D eigenvalue weighted by Crippen LogP contribution is 2.06. The lowest BCUT2D eigenvalue weighted by Gasteiger charge is -2.04. The number of carbonyl (C=O) groups excluding carboxylic acids is 1. The van der Waals surface area contributed by atoms with Crippen LogP contribution >= 0.6 is 0 Å². The van der Waals surface area contributed by atoms with Crippen molar-refractivity contribution in [2.45, 2.75) is 13.2 Å². The maximum Gasteiger partial charge on any atom is 0.358 e. The highest BCUT2D eigenvalue weighted by atomic mass is 16.5. The third-order valence-electron chi connectivity index (χ3n) is 1.89. The number of amides is 1. The molecule has 0 aliphatic rings. The van der Waals surface area contributed by atoms with Gasteiger partial charge in [-0.25, -0.2) is 9.48 Å². The summed E-state index contributed by atoms with van der Waals surface area (Å²) < 4.78 is 6.04. The lowest BCUT2D eigenvalue weighted by Crippen LogP contribution is -2.25. The van der Waals surface area contributed by atoms with Gasteiger partial charge < -0.3 is 15.2 Å². The number of nitrogens with one attached hydrogen (secondary N) is 1. The van der Waals surface area contributed by atoms with E-state index in [9.17, 15) is 9.59 Å². The molecule has 0 aliphatic heterocycles. The molecule has 0 unspecified atom stereocenters. The predicted molar refractivity (Wildman–Crippen MR) is 51.8 cm³/mol. The largest absolute Gasteiger partial charge is 0.476 e. The Bertz CT molecular complexity index is 401. The van der Waals surface area contributed by atoms with Crippen molar-refractivity contribution in [2.75, 3.05) is 14.2 Å². The van der Waals surface area contributed by atoms with Gasteiger partial charge in [0.05, 0.1) is 12.3 Å². The Morgan fingerprint density at radius 1 is 1.56 bits per heavy atom. The van der Waals surface area contributed by atoms with Gasteiger partial charge in [0.25, 0.3) is 0 Å². The normalized spacial score (nSPS) is 10.1. The zero-order chi connectivity index (χ0) is 12.1. The zero-order valence-electron chi connectivity index (χ0n) is 8.93. The van der Waals surface area contributed by atoms with Crippen molar-refractivity contribution in [1.82, 2.24) is 20.3 Å². The Balaban J connectivity index is 2.99. The minimum Gasteiger partial charge on any atom is -0.476 e. The van der Waals surface area contributed by atoms with Crippen LogP contribution in [0.25, 0.3) is 0 Å². The van der Waals surface area contributed by atoms with E-state index in [0.717, 1.165) is 0 Å². The molecule has 0 atom stereocenters. The number of hydrogen-bond donors (Lipinski definition) is 2. The van der Waals surface area contributed by atoms with Crippen LogP contribution in [0.3, 0.4) is 0 Å². The van der Waals surface area contributed by atoms with E-state index in [4.69, 9.17) is 9.84 Å². The summed E-state index contributed by atoms with van der Waals surface area (Å²) in [6.07, 6.45) is 0. The summed E-state index contributed by atoms with van der Waals surface area (Å²) in [4.78, 5) is 21.9. The first-order valence-electron chi connectivity index (χ1n) is 4.45. The standard InChI is InChI=1S/C8H12N4O4/c1-9-6(13)3-12-5(4-16-2)7(8(14)15)10-11-12/h3-4H2,1-2H3,(H,9,13)(H,14,15). The molecule has 2 N–H and O–H groups in total. The van der Waals surface area contributed by atoms with Crippen LogP contribution in [-0.2, 0) is 22.7 Å². The number of methoxy groups -OCH3 is 1. The molecule has 0 spiro atoms. The molecule has 0 saturated carbocycles. The number of likely N-dealkylation sites (N-methyl/N-ethyl adjacent to an activating group) is 1. The Kier molecular flexibility index (Phi) is 3.95. The van der Waals surface area contributed by atoms with Gasteiger partial charge in [-0.2, -0.15) is 0 Å². The second kappa shape index (κ2) is 5.21. The molecule has 1 rings (SSSR count). The van der Waals surface area contributed by atoms with Crippen molar-refractivity contribution in [2.24, 2.45) is 0 Å². The molecule has 0 aliphatic carbocycles.